The van der Waals surface area contributed by atoms with Gasteiger partial charge in [-0.05, 0) is 215 Å². The van der Waals surface area contributed by atoms with Gasteiger partial charge in [-0.2, -0.15) is 18.4 Å². The molecular weight excluding hydrogens is 1670 g/mol. The van der Waals surface area contributed by atoms with Crippen molar-refractivity contribution < 1.29 is 41.0 Å². The maximum atomic E-state index is 13.5. The Morgan fingerprint density at radius 1 is 0.539 bits per heavy atom. The topological polar surface area (TPSA) is 310 Å². The third kappa shape index (κ3) is 25.0. The van der Waals surface area contributed by atoms with Crippen molar-refractivity contribution in [2.24, 2.45) is 0 Å². The van der Waals surface area contributed by atoms with Crippen molar-refractivity contribution in [2.75, 3.05) is 178 Å². The first kappa shape index (κ1) is 90.8. The monoisotopic (exact) mass is 1780 g/mol. The summed E-state index contributed by atoms with van der Waals surface area (Å²) in [5.41, 5.74) is 16.5. The fourth-order valence-electron chi connectivity index (χ4n) is 14.1. The highest BCUT2D eigenvalue weighted by Crippen LogP contribution is 2.44. The Balaban J connectivity index is 0.000000198. The number of hydrogen-bond acceptors (Lipinski definition) is 26. The number of piperidine rings is 2. The van der Waals surface area contributed by atoms with E-state index in [4.69, 9.17) is 45.8 Å². The number of nitrogen functional groups attached to an aromatic ring is 1. The molecule has 115 heavy (non-hydrogen) atoms. The summed E-state index contributed by atoms with van der Waals surface area (Å²) in [6.07, 6.45) is 16.5. The van der Waals surface area contributed by atoms with Crippen molar-refractivity contribution in [3.63, 3.8) is 0 Å². The van der Waals surface area contributed by atoms with E-state index in [1.807, 2.05) is 57.2 Å². The molecule has 4 aliphatic heterocycles. The summed E-state index contributed by atoms with van der Waals surface area (Å²) in [5.74, 6) is 5.20. The first-order valence-electron chi connectivity index (χ1n) is 38.3. The number of halogens is 3. The van der Waals surface area contributed by atoms with E-state index < -0.39 is 24.4 Å². The predicted octanol–water partition coefficient (Wildman–Crippen LogP) is 15.3. The molecule has 0 aliphatic carbocycles. The molecule has 33 heteroatoms. The molecule has 6 N–H and O–H groups in total. The van der Waals surface area contributed by atoms with Crippen LogP contribution in [0.2, 0.25) is 5.28 Å². The predicted molar refractivity (Wildman–Crippen MR) is 475 cm³/mol. The van der Waals surface area contributed by atoms with E-state index in [0.717, 1.165) is 111 Å². The first-order valence-corrected chi connectivity index (χ1v) is 46.9. The summed E-state index contributed by atoms with van der Waals surface area (Å²) in [7, 11) is -1.55. The van der Waals surface area contributed by atoms with Gasteiger partial charge >= 0.3 is 0 Å². The van der Waals surface area contributed by atoms with Crippen LogP contribution in [0.1, 0.15) is 77.5 Å². The summed E-state index contributed by atoms with van der Waals surface area (Å²) < 4.78 is 79.5. The van der Waals surface area contributed by atoms with Gasteiger partial charge in [0.2, 0.25) is 11.2 Å². The average Bonchev–Trinajstić information content (AvgIpc) is 0.801. The van der Waals surface area contributed by atoms with E-state index >= 15 is 0 Å². The van der Waals surface area contributed by atoms with Gasteiger partial charge in [-0.25, -0.2) is 29.9 Å². The van der Waals surface area contributed by atoms with Gasteiger partial charge < -0.3 is 69.4 Å². The maximum Gasteiger partial charge on any atom is 0.294 e. The number of aryl methyl sites for hydroxylation is 3. The molecule has 0 saturated carbocycles. The number of piperazine rings is 2. The van der Waals surface area contributed by atoms with Crippen LogP contribution in [0.3, 0.4) is 0 Å². The highest BCUT2D eigenvalue weighted by atomic mass is 79.9. The highest BCUT2D eigenvalue weighted by molar-refractivity contribution is 9.11. The van der Waals surface area contributed by atoms with Gasteiger partial charge in [0.05, 0.1) is 88.8 Å². The minimum Gasteiger partial charge on any atom is -0.495 e. The molecule has 4 aromatic heterocycles. The van der Waals surface area contributed by atoms with Gasteiger partial charge in [0.15, 0.2) is 23.1 Å². The zero-order chi connectivity index (χ0) is 82.0. The van der Waals surface area contributed by atoms with Gasteiger partial charge in [-0.3, -0.25) is 14.4 Å². The molecule has 0 spiro atoms. The number of aromatic nitrogens is 8. The summed E-state index contributed by atoms with van der Waals surface area (Å²) in [4.78, 5) is 50.2. The van der Waals surface area contributed by atoms with Gasteiger partial charge in [-0.15, -0.1) is 0 Å². The second-order valence-corrected chi connectivity index (χ2v) is 39.0. The second kappa shape index (κ2) is 41.8. The number of benzene rings is 5. The Labute approximate surface area is 700 Å². The van der Waals surface area contributed by atoms with Crippen molar-refractivity contribution in [1.29, 1.82) is 0 Å². The lowest BCUT2D eigenvalue weighted by Crippen LogP contribution is -2.52. The molecule has 27 nitrogen and oxygen atoms in total. The largest absolute Gasteiger partial charge is 0.495 e. The van der Waals surface area contributed by atoms with Crippen molar-refractivity contribution in [3.8, 4) is 45.8 Å². The number of methoxy groups -OCH3 is 2. The van der Waals surface area contributed by atoms with Crippen molar-refractivity contribution in [3.05, 3.63) is 153 Å². The third-order valence-electron chi connectivity index (χ3n) is 20.4. The minimum absolute atomic E-state index is 0. The molecule has 0 atom stereocenters. The number of ether oxygens (including phenoxy) is 4. The van der Waals surface area contributed by atoms with E-state index in [9.17, 15) is 17.5 Å². The molecule has 4 saturated heterocycles. The molecule has 0 unspecified atom stereocenters. The quantitative estimate of drug-likeness (QED) is 0.0172. The lowest BCUT2D eigenvalue weighted by molar-refractivity contribution is 0.0982. The zero-order valence-corrected chi connectivity index (χ0v) is 73.9. The minimum atomic E-state index is -4.02. The van der Waals surface area contributed by atoms with Gasteiger partial charge in [-0.1, -0.05) is 39.0 Å². The van der Waals surface area contributed by atoms with Crippen LogP contribution in [0.5, 0.6) is 23.0 Å². The summed E-state index contributed by atoms with van der Waals surface area (Å²) >= 11 is 12.9. The van der Waals surface area contributed by atoms with Crippen LogP contribution < -0.4 is 61.0 Å². The normalized spacial score (nSPS) is 15.5. The number of anilines is 9. The molecular formula is C82H111Br2ClN18O9P2S. The van der Waals surface area contributed by atoms with E-state index in [1.54, 1.807) is 90.2 Å². The molecule has 620 valence electrons. The van der Waals surface area contributed by atoms with Crippen LogP contribution >= 0.6 is 57.7 Å². The van der Waals surface area contributed by atoms with Crippen LogP contribution in [0, 0.1) is 6.92 Å². The lowest BCUT2D eigenvalue weighted by Gasteiger charge is -2.43. The Morgan fingerprint density at radius 2 is 0.957 bits per heavy atom. The van der Waals surface area contributed by atoms with Gasteiger partial charge in [0.25, 0.3) is 10.1 Å². The molecule has 0 amide bonds. The number of nitrogens with two attached hydrogens (primary N) is 1. The molecule has 0 radical (unpaired) electrons. The standard InChI is InChI=1S/C37H49BrN9O3P.C19H32N4O.C18H18BrClN5O2P.C7H8O3S.CH4/c1-7-25-19-31(33(49-4)21-32(25)47-13-11-27(12-14-47)46-17-15-45(3)16-18-46)43-37-41-24-29(38)36(44-37)42-30-10-9-26(20-34(30)51(5,6)48)35-39-22-28(23-40-35)50-8-2;1-4-15-13-17(20)19(24-3)14-18(15)23-7-5-16(6-8-23)22-11-9-21(2)10-12-22;1-4-27-12-8-21-16(22-9-12)11-5-6-14(15(7-11)28(2,3)26)24-17-13(19)10-23-18(20)25-17;1-6-2-4-7(5-3-6)11(8,9)10;/h9-10,19-24,27H,7-8,11-18H2,1-6H3,(H2,41,42,43,44);13-14,16H,4-12,20H2,1-3H3;5-10H,4H2,1-3H3,(H,23,24,25);2-5H,1H3,(H,8,9,10);1H4. The van der Waals surface area contributed by atoms with Crippen LogP contribution in [-0.2, 0) is 32.1 Å². The van der Waals surface area contributed by atoms with E-state index in [0.29, 0.717) is 90.9 Å². The van der Waals surface area contributed by atoms with Crippen LogP contribution in [0.25, 0.3) is 22.8 Å². The second-order valence-electron chi connectivity index (χ2n) is 29.1. The van der Waals surface area contributed by atoms with Crippen molar-refractivity contribution in [2.45, 2.75) is 97.5 Å². The Morgan fingerprint density at radius 3 is 1.37 bits per heavy atom. The van der Waals surface area contributed by atoms with Crippen LogP contribution in [0.4, 0.5) is 51.7 Å². The molecule has 4 aliphatic rings. The smallest absolute Gasteiger partial charge is 0.294 e. The Hall–Kier alpha value is -8.12. The van der Waals surface area contributed by atoms with Crippen LogP contribution in [0.15, 0.2) is 136 Å². The fraction of sp³-hybridized carbons (Fsp3) is 0.439. The number of nitrogens with one attached hydrogen (secondary N) is 3. The number of hydrogen-bond donors (Lipinski definition) is 5. The summed E-state index contributed by atoms with van der Waals surface area (Å²) in [6.45, 7) is 31.8. The fourth-order valence-corrected chi connectivity index (χ4v) is 17.6. The maximum absolute atomic E-state index is 13.5. The van der Waals surface area contributed by atoms with Crippen molar-refractivity contribution in [1.82, 2.24) is 59.5 Å². The summed E-state index contributed by atoms with van der Waals surface area (Å²) in [6, 6.07) is 27.1. The molecule has 8 heterocycles. The van der Waals surface area contributed by atoms with E-state index in [2.05, 4.69) is 164 Å². The number of nitrogens with zero attached hydrogens (tertiary/aromatic N) is 14. The van der Waals surface area contributed by atoms with Crippen LogP contribution in [-0.4, -0.2) is 231 Å². The molecule has 13 rings (SSSR count). The molecule has 4 fully saturated rings. The molecule has 9 aromatic rings. The lowest BCUT2D eigenvalue weighted by atomic mass is 9.99. The third-order valence-corrected chi connectivity index (χ3v) is 25.7. The van der Waals surface area contributed by atoms with Gasteiger partial charge in [0, 0.05) is 148 Å². The van der Waals surface area contributed by atoms with Crippen molar-refractivity contribution >= 4 is 130 Å². The summed E-state index contributed by atoms with van der Waals surface area (Å²) in [5, 5.41) is 11.4. The van der Waals surface area contributed by atoms with E-state index in [-0.39, 0.29) is 17.6 Å². The van der Waals surface area contributed by atoms with Gasteiger partial charge in [0.1, 0.15) is 37.4 Å². The Kier molecular flexibility index (Phi) is 33.0. The molecule has 5 aromatic carbocycles. The number of rotatable bonds is 23. The Bertz CT molecular complexity index is 4910. The molecule has 0 bridgehead atoms. The zero-order valence-electron chi connectivity index (χ0n) is 67.3. The average molecular weight is 1780 g/mol. The highest BCUT2D eigenvalue weighted by Gasteiger charge is 2.31. The SMILES string of the molecule is C.CCOc1cnc(-c2ccc(Nc3nc(Cl)ncc3Br)c(P(C)(C)=O)c2)nc1.CCOc1cnc(-c2ccc(Nc3nc(Nc4cc(CC)c(N5CCC(N6CCN(C)CC6)CC5)cc4OC)ncc3Br)c(P(C)(C)=O)c2)nc1.CCc1cc(N)c(OC)cc1N1CCC(N2CCN(C)CC2)CC1.Cc1ccc(S(=O)(=O)O)cc1. The first-order chi connectivity index (χ1) is 54.4. The van der Waals surface area contributed by atoms with E-state index in [1.165, 1.54) is 86.5 Å². The number of likely N-dealkylation sites (N-methyl/N-ethyl adjacent to an activating group) is 2.